The van der Waals surface area contributed by atoms with Crippen molar-refractivity contribution in [3.63, 3.8) is 0 Å². The highest BCUT2D eigenvalue weighted by molar-refractivity contribution is 5.64. The number of hydrogen-bond acceptors (Lipinski definition) is 1. The summed E-state index contributed by atoms with van der Waals surface area (Å²) in [5.74, 6) is -0.355. The second kappa shape index (κ2) is 5.63. The molecule has 5 heteroatoms. The minimum Gasteiger partial charge on any atom is -0.330 e. The second-order valence-electron chi connectivity index (χ2n) is 4.42. The molecule has 20 heavy (non-hydrogen) atoms. The van der Waals surface area contributed by atoms with E-state index in [0.717, 1.165) is 12.1 Å². The maximum absolute atomic E-state index is 13.5. The third kappa shape index (κ3) is 3.17. The van der Waals surface area contributed by atoms with E-state index in [1.807, 2.05) is 0 Å². The first-order chi connectivity index (χ1) is 9.41. The van der Waals surface area contributed by atoms with Crippen molar-refractivity contribution >= 4 is 0 Å². The zero-order valence-corrected chi connectivity index (χ0v) is 10.5. The van der Waals surface area contributed by atoms with Crippen LogP contribution >= 0.6 is 0 Å². The molecule has 0 unspecified atom stereocenters. The molecule has 0 aliphatic carbocycles. The van der Waals surface area contributed by atoms with Gasteiger partial charge in [-0.15, -0.1) is 0 Å². The van der Waals surface area contributed by atoms with E-state index in [0.29, 0.717) is 29.7 Å². The highest BCUT2D eigenvalue weighted by Crippen LogP contribution is 2.31. The third-order valence-electron chi connectivity index (χ3n) is 3.00. The van der Waals surface area contributed by atoms with Gasteiger partial charge in [0.1, 0.15) is 5.82 Å². The standard InChI is InChI=1S/C15H13F4N/c16-14-6-3-11(9-12(14)7-8-20)10-1-4-13(5-2-10)15(17,18)19/h1-6,9H,7-8,20H2. The zero-order chi connectivity index (χ0) is 14.8. The minimum atomic E-state index is -4.36. The predicted molar refractivity (Wildman–Crippen MR) is 69.6 cm³/mol. The van der Waals surface area contributed by atoms with Crippen LogP contribution in [0.2, 0.25) is 0 Å². The summed E-state index contributed by atoms with van der Waals surface area (Å²) >= 11 is 0. The van der Waals surface area contributed by atoms with Crippen LogP contribution < -0.4 is 5.73 Å². The van der Waals surface area contributed by atoms with E-state index < -0.39 is 11.7 Å². The van der Waals surface area contributed by atoms with E-state index in [1.165, 1.54) is 24.3 Å². The van der Waals surface area contributed by atoms with Crippen molar-refractivity contribution in [2.45, 2.75) is 12.6 Å². The van der Waals surface area contributed by atoms with Crippen molar-refractivity contribution in [3.8, 4) is 11.1 Å². The van der Waals surface area contributed by atoms with E-state index in [-0.39, 0.29) is 5.82 Å². The average molecular weight is 283 g/mol. The smallest absolute Gasteiger partial charge is 0.330 e. The van der Waals surface area contributed by atoms with Gasteiger partial charge in [-0.3, -0.25) is 0 Å². The second-order valence-corrected chi connectivity index (χ2v) is 4.42. The summed E-state index contributed by atoms with van der Waals surface area (Å²) < 4.78 is 50.9. The number of halogens is 4. The van der Waals surface area contributed by atoms with Gasteiger partial charge in [0.05, 0.1) is 5.56 Å². The van der Waals surface area contributed by atoms with Gasteiger partial charge in [0.25, 0.3) is 0 Å². The molecule has 0 heterocycles. The van der Waals surface area contributed by atoms with Crippen LogP contribution in [0.25, 0.3) is 11.1 Å². The number of hydrogen-bond donors (Lipinski definition) is 1. The molecule has 0 atom stereocenters. The SMILES string of the molecule is NCCc1cc(-c2ccc(C(F)(F)F)cc2)ccc1F. The van der Waals surface area contributed by atoms with E-state index >= 15 is 0 Å². The monoisotopic (exact) mass is 283 g/mol. The topological polar surface area (TPSA) is 26.0 Å². The summed E-state index contributed by atoms with van der Waals surface area (Å²) in [6.45, 7) is 0.313. The van der Waals surface area contributed by atoms with Crippen molar-refractivity contribution < 1.29 is 17.6 Å². The summed E-state index contributed by atoms with van der Waals surface area (Å²) in [6.07, 6.45) is -3.97. The highest BCUT2D eigenvalue weighted by Gasteiger charge is 2.29. The molecular weight excluding hydrogens is 270 g/mol. The van der Waals surface area contributed by atoms with Crippen LogP contribution in [0.15, 0.2) is 42.5 Å². The Morgan fingerprint density at radius 1 is 0.900 bits per heavy atom. The summed E-state index contributed by atoms with van der Waals surface area (Å²) in [6, 6.07) is 9.24. The Kier molecular flexibility index (Phi) is 4.09. The van der Waals surface area contributed by atoms with Crippen LogP contribution in [0.5, 0.6) is 0 Å². The Morgan fingerprint density at radius 3 is 2.05 bits per heavy atom. The molecule has 0 bridgehead atoms. The fourth-order valence-electron chi connectivity index (χ4n) is 1.95. The van der Waals surface area contributed by atoms with Crippen LogP contribution in [0, 0.1) is 5.82 Å². The normalized spacial score (nSPS) is 11.7. The Labute approximate surface area is 114 Å². The van der Waals surface area contributed by atoms with E-state index in [2.05, 4.69) is 0 Å². The van der Waals surface area contributed by atoms with Crippen LogP contribution in [-0.4, -0.2) is 6.54 Å². The quantitative estimate of drug-likeness (QED) is 0.846. The lowest BCUT2D eigenvalue weighted by atomic mass is 10.00. The van der Waals surface area contributed by atoms with Gasteiger partial charge in [0.2, 0.25) is 0 Å². The average Bonchev–Trinajstić information content (AvgIpc) is 2.41. The maximum atomic E-state index is 13.5. The molecule has 0 aliphatic heterocycles. The maximum Gasteiger partial charge on any atom is 0.416 e. The summed E-state index contributed by atoms with van der Waals surface area (Å²) in [5, 5.41) is 0. The van der Waals surface area contributed by atoms with Gasteiger partial charge < -0.3 is 5.73 Å². The molecule has 2 rings (SSSR count). The molecule has 0 aromatic heterocycles. The number of alkyl halides is 3. The first-order valence-electron chi connectivity index (χ1n) is 6.08. The van der Waals surface area contributed by atoms with E-state index in [9.17, 15) is 17.6 Å². The fourth-order valence-corrected chi connectivity index (χ4v) is 1.95. The molecule has 0 saturated carbocycles. The Bertz CT molecular complexity index is 588. The van der Waals surface area contributed by atoms with E-state index in [4.69, 9.17) is 5.73 Å². The van der Waals surface area contributed by atoms with Crippen molar-refractivity contribution in [2.24, 2.45) is 5.73 Å². The Balaban J connectivity index is 2.34. The van der Waals surface area contributed by atoms with Gasteiger partial charge in [-0.05, 0) is 53.9 Å². The molecule has 1 nitrogen and oxygen atoms in total. The van der Waals surface area contributed by atoms with Crippen LogP contribution in [0.4, 0.5) is 17.6 Å². The van der Waals surface area contributed by atoms with Gasteiger partial charge in [0, 0.05) is 0 Å². The number of benzene rings is 2. The van der Waals surface area contributed by atoms with Crippen molar-refractivity contribution in [3.05, 3.63) is 59.4 Å². The molecule has 2 aromatic carbocycles. The largest absolute Gasteiger partial charge is 0.416 e. The number of rotatable bonds is 3. The van der Waals surface area contributed by atoms with Gasteiger partial charge in [-0.25, -0.2) is 4.39 Å². The molecule has 2 aromatic rings. The molecular formula is C15H13F4N. The minimum absolute atomic E-state index is 0.313. The van der Waals surface area contributed by atoms with E-state index in [1.54, 1.807) is 6.07 Å². The van der Waals surface area contributed by atoms with Gasteiger partial charge in [0.15, 0.2) is 0 Å². The van der Waals surface area contributed by atoms with Crippen LogP contribution in [-0.2, 0) is 12.6 Å². The fraction of sp³-hybridized carbons (Fsp3) is 0.200. The Hall–Kier alpha value is -1.88. The molecule has 0 fully saturated rings. The molecule has 0 aliphatic rings. The highest BCUT2D eigenvalue weighted by atomic mass is 19.4. The molecule has 0 saturated heterocycles. The van der Waals surface area contributed by atoms with Crippen molar-refractivity contribution in [2.75, 3.05) is 6.54 Å². The first-order valence-corrected chi connectivity index (χ1v) is 6.08. The lowest BCUT2D eigenvalue weighted by molar-refractivity contribution is -0.137. The predicted octanol–water partition coefficient (Wildman–Crippen LogP) is 4.01. The summed E-state index contributed by atoms with van der Waals surface area (Å²) in [4.78, 5) is 0. The van der Waals surface area contributed by atoms with Crippen molar-refractivity contribution in [1.82, 2.24) is 0 Å². The van der Waals surface area contributed by atoms with Gasteiger partial charge in [-0.2, -0.15) is 13.2 Å². The van der Waals surface area contributed by atoms with Crippen molar-refractivity contribution in [1.29, 1.82) is 0 Å². The molecule has 0 spiro atoms. The van der Waals surface area contributed by atoms with Crippen LogP contribution in [0.3, 0.4) is 0 Å². The van der Waals surface area contributed by atoms with Gasteiger partial charge >= 0.3 is 6.18 Å². The van der Waals surface area contributed by atoms with Gasteiger partial charge in [-0.1, -0.05) is 18.2 Å². The molecule has 2 N–H and O–H groups in total. The number of nitrogens with two attached hydrogens (primary N) is 1. The molecule has 106 valence electrons. The van der Waals surface area contributed by atoms with Crippen LogP contribution in [0.1, 0.15) is 11.1 Å². The zero-order valence-electron chi connectivity index (χ0n) is 10.5. The Morgan fingerprint density at radius 2 is 1.50 bits per heavy atom. The summed E-state index contributed by atoms with van der Waals surface area (Å²) in [7, 11) is 0. The first kappa shape index (κ1) is 14.5. The third-order valence-corrected chi connectivity index (χ3v) is 3.00. The lowest BCUT2D eigenvalue weighted by Crippen LogP contribution is -2.05. The summed E-state index contributed by atoms with van der Waals surface area (Å²) in [5.41, 5.74) is 6.43. The lowest BCUT2D eigenvalue weighted by Gasteiger charge is -2.09. The molecule has 0 amide bonds. The molecule has 0 radical (unpaired) electrons.